The Balaban J connectivity index is 2.17. The number of alkyl halides is 3. The van der Waals surface area contributed by atoms with Gasteiger partial charge in [0.2, 0.25) is 0 Å². The normalized spacial score (nSPS) is 15.8. The molecule has 1 aromatic carbocycles. The van der Waals surface area contributed by atoms with Gasteiger partial charge in [-0.05, 0) is 43.0 Å². The smallest absolute Gasteiger partial charge is 0.395 e. The Morgan fingerprint density at radius 1 is 1.19 bits per heavy atom. The van der Waals surface area contributed by atoms with Crippen LogP contribution in [0.2, 0.25) is 5.15 Å². The average Bonchev–Trinajstić information content (AvgIpc) is 2.66. The molecule has 170 valence electrons. The number of nitrogens with two attached hydrogens (primary N) is 1. The van der Waals surface area contributed by atoms with Crippen LogP contribution in [0.1, 0.15) is 30.0 Å². The molecule has 0 saturated carbocycles. The van der Waals surface area contributed by atoms with Crippen LogP contribution in [0.25, 0.3) is 11.1 Å². The number of carboxylic acid groups (broad SMARTS) is 1. The van der Waals surface area contributed by atoms with E-state index in [0.29, 0.717) is 16.4 Å². The molecule has 2 aromatic rings. The van der Waals surface area contributed by atoms with Crippen LogP contribution in [0.15, 0.2) is 36.4 Å². The number of nitrogens with one attached hydrogen (secondary N) is 1. The third kappa shape index (κ3) is 7.19. The van der Waals surface area contributed by atoms with Crippen LogP contribution in [0.4, 0.5) is 13.2 Å². The fraction of sp³-hybridized carbons (Fsp3) is 0.400. The summed E-state index contributed by atoms with van der Waals surface area (Å²) in [7, 11) is -3.40. The molecular formula is C20H23ClF3N3O3S. The lowest BCUT2D eigenvalue weighted by Crippen LogP contribution is -2.32. The van der Waals surface area contributed by atoms with Crippen molar-refractivity contribution >= 4 is 27.3 Å². The number of hydrogen-bond acceptors (Lipinski definition) is 5. The first-order valence-electron chi connectivity index (χ1n) is 9.33. The van der Waals surface area contributed by atoms with Gasteiger partial charge in [0.05, 0.1) is 5.92 Å². The third-order valence-electron chi connectivity index (χ3n) is 4.88. The number of aromatic nitrogens is 1. The highest BCUT2D eigenvalue weighted by Crippen LogP contribution is 2.38. The predicted octanol–water partition coefficient (Wildman–Crippen LogP) is 4.60. The molecule has 0 saturated heterocycles. The SMILES string of the molecule is Cc1nc(Cl)ccc1-c1ccc(C(CCS(=N)(=O)CC[C@H](N)C(=O)O)C(F)(F)F)cc1. The van der Waals surface area contributed by atoms with E-state index in [1.165, 1.54) is 12.1 Å². The highest BCUT2D eigenvalue weighted by atomic mass is 35.5. The number of carbonyl (C=O) groups is 1. The van der Waals surface area contributed by atoms with Crippen molar-refractivity contribution in [1.29, 1.82) is 4.78 Å². The van der Waals surface area contributed by atoms with Gasteiger partial charge < -0.3 is 10.8 Å². The monoisotopic (exact) mass is 477 g/mol. The number of aliphatic carboxylic acids is 1. The Kier molecular flexibility index (Phi) is 8.07. The quantitative estimate of drug-likeness (QED) is 0.456. The first-order valence-corrected chi connectivity index (χ1v) is 11.6. The van der Waals surface area contributed by atoms with Crippen LogP contribution >= 0.6 is 11.6 Å². The van der Waals surface area contributed by atoms with E-state index in [4.69, 9.17) is 27.2 Å². The molecule has 3 atom stereocenters. The maximum Gasteiger partial charge on any atom is 0.395 e. The summed E-state index contributed by atoms with van der Waals surface area (Å²) in [6.07, 6.45) is -5.38. The molecule has 0 aliphatic rings. The van der Waals surface area contributed by atoms with Crippen molar-refractivity contribution in [2.24, 2.45) is 5.73 Å². The summed E-state index contributed by atoms with van der Waals surface area (Å²) in [6, 6.07) is 7.84. The molecule has 1 heterocycles. The molecule has 31 heavy (non-hydrogen) atoms. The van der Waals surface area contributed by atoms with Crippen LogP contribution in [0.3, 0.4) is 0 Å². The minimum Gasteiger partial charge on any atom is -0.480 e. The number of rotatable bonds is 9. The maximum atomic E-state index is 13.7. The molecule has 0 aliphatic heterocycles. The summed E-state index contributed by atoms with van der Waals surface area (Å²) in [4.78, 5) is 14.9. The molecule has 2 rings (SSSR count). The molecule has 0 radical (unpaired) electrons. The molecule has 0 spiro atoms. The number of nitrogens with zero attached hydrogens (tertiary/aromatic N) is 1. The minimum absolute atomic E-state index is 0.00624. The van der Waals surface area contributed by atoms with Crippen LogP contribution in [0.5, 0.6) is 0 Å². The van der Waals surface area contributed by atoms with E-state index in [1.807, 2.05) is 0 Å². The average molecular weight is 478 g/mol. The van der Waals surface area contributed by atoms with Crippen molar-refractivity contribution in [3.63, 3.8) is 0 Å². The number of carboxylic acids is 1. The highest BCUT2D eigenvalue weighted by Gasteiger charge is 2.40. The lowest BCUT2D eigenvalue weighted by Gasteiger charge is -2.22. The van der Waals surface area contributed by atoms with E-state index in [2.05, 4.69) is 4.98 Å². The molecule has 1 aromatic heterocycles. The second-order valence-corrected chi connectivity index (χ2v) is 10.1. The van der Waals surface area contributed by atoms with E-state index in [9.17, 15) is 22.2 Å². The summed E-state index contributed by atoms with van der Waals surface area (Å²) in [5.74, 6) is -4.09. The number of pyridine rings is 1. The van der Waals surface area contributed by atoms with Gasteiger partial charge in [0.25, 0.3) is 0 Å². The molecule has 6 nitrogen and oxygen atoms in total. The molecule has 11 heteroatoms. The van der Waals surface area contributed by atoms with Gasteiger partial charge in [-0.25, -0.2) is 9.19 Å². The first kappa shape index (κ1) is 25.1. The lowest BCUT2D eigenvalue weighted by atomic mass is 9.93. The lowest BCUT2D eigenvalue weighted by molar-refractivity contribution is -0.150. The summed E-state index contributed by atoms with van der Waals surface area (Å²) in [5, 5.41) is 9.07. The summed E-state index contributed by atoms with van der Waals surface area (Å²) in [5.41, 5.74) is 7.37. The van der Waals surface area contributed by atoms with Crippen molar-refractivity contribution in [3.8, 4) is 11.1 Å². The molecule has 0 fully saturated rings. The van der Waals surface area contributed by atoms with E-state index < -0.39 is 46.0 Å². The number of benzene rings is 1. The van der Waals surface area contributed by atoms with Gasteiger partial charge in [-0.2, -0.15) is 13.2 Å². The Bertz CT molecular complexity index is 1030. The van der Waals surface area contributed by atoms with Crippen LogP contribution in [0, 0.1) is 11.7 Å². The molecule has 0 amide bonds. The summed E-state index contributed by atoms with van der Waals surface area (Å²) >= 11 is 5.84. The Morgan fingerprint density at radius 2 is 1.77 bits per heavy atom. The molecule has 0 bridgehead atoms. The van der Waals surface area contributed by atoms with Gasteiger partial charge in [0.1, 0.15) is 11.2 Å². The van der Waals surface area contributed by atoms with E-state index >= 15 is 0 Å². The minimum atomic E-state index is -4.59. The van der Waals surface area contributed by atoms with Gasteiger partial charge in [0.15, 0.2) is 0 Å². The zero-order valence-electron chi connectivity index (χ0n) is 16.7. The molecule has 2 unspecified atom stereocenters. The van der Waals surface area contributed by atoms with Crippen molar-refractivity contribution in [2.45, 2.75) is 37.9 Å². The van der Waals surface area contributed by atoms with Gasteiger partial charge in [-0.15, -0.1) is 0 Å². The topological polar surface area (TPSA) is 117 Å². The fourth-order valence-electron chi connectivity index (χ4n) is 3.10. The van der Waals surface area contributed by atoms with Crippen molar-refractivity contribution in [3.05, 3.63) is 52.8 Å². The number of halogens is 4. The number of aryl methyl sites for hydroxylation is 1. The zero-order valence-corrected chi connectivity index (χ0v) is 18.2. The van der Waals surface area contributed by atoms with Crippen LogP contribution < -0.4 is 5.73 Å². The second-order valence-electron chi connectivity index (χ2n) is 7.23. The first-order chi connectivity index (χ1) is 14.3. The van der Waals surface area contributed by atoms with E-state index in [-0.39, 0.29) is 17.7 Å². The van der Waals surface area contributed by atoms with Gasteiger partial charge >= 0.3 is 12.1 Å². The summed E-state index contributed by atoms with van der Waals surface area (Å²) < 4.78 is 61.1. The summed E-state index contributed by atoms with van der Waals surface area (Å²) in [6.45, 7) is 1.74. The fourth-order valence-corrected chi connectivity index (χ4v) is 4.75. The van der Waals surface area contributed by atoms with Gasteiger partial charge in [-0.1, -0.05) is 35.9 Å². The van der Waals surface area contributed by atoms with Gasteiger partial charge in [-0.3, -0.25) is 9.57 Å². The highest BCUT2D eigenvalue weighted by molar-refractivity contribution is 7.92. The Hall–Kier alpha value is -2.17. The maximum absolute atomic E-state index is 13.7. The Labute approximate surface area is 183 Å². The van der Waals surface area contributed by atoms with E-state index in [0.717, 1.165) is 5.56 Å². The zero-order chi connectivity index (χ0) is 23.4. The van der Waals surface area contributed by atoms with Crippen molar-refractivity contribution < 1.29 is 27.3 Å². The second kappa shape index (κ2) is 9.97. The van der Waals surface area contributed by atoms with E-state index in [1.54, 1.807) is 31.2 Å². The Morgan fingerprint density at radius 3 is 2.29 bits per heavy atom. The van der Waals surface area contributed by atoms with Crippen LogP contribution in [-0.4, -0.2) is 44.0 Å². The molecule has 4 N–H and O–H groups in total. The largest absolute Gasteiger partial charge is 0.480 e. The van der Waals surface area contributed by atoms with Gasteiger partial charge in [0, 0.05) is 32.5 Å². The standard InChI is InChI=1S/C20H23ClF3N3O3S/c1-12-15(6-7-18(21)27-12)13-2-4-14(5-3-13)16(20(22,23)24)8-10-31(26,30)11-9-17(25)19(28)29/h2-7,16-17,26H,8-11,25H2,1H3,(H,28,29)/t16?,17-,31?/m0/s1. The van der Waals surface area contributed by atoms with Crippen molar-refractivity contribution in [1.82, 2.24) is 4.98 Å². The third-order valence-corrected chi connectivity index (χ3v) is 6.88. The molecular weight excluding hydrogens is 455 g/mol. The van der Waals surface area contributed by atoms with Crippen molar-refractivity contribution in [2.75, 3.05) is 11.5 Å². The number of hydrogen-bond donors (Lipinski definition) is 3. The molecule has 0 aliphatic carbocycles. The predicted molar refractivity (Wildman–Crippen MR) is 114 cm³/mol. The van der Waals surface area contributed by atoms with Crippen LogP contribution in [-0.2, 0) is 14.5 Å².